The number of ether oxygens (including phenoxy) is 2. The Labute approximate surface area is 124 Å². The van der Waals surface area contributed by atoms with Crippen molar-refractivity contribution in [3.63, 3.8) is 0 Å². The molecule has 3 saturated carbocycles. The minimum Gasteiger partial charge on any atom is -0.469 e. The molecule has 4 rings (SSSR count). The molecule has 8 unspecified atom stereocenters. The minimum atomic E-state index is -0.284. The summed E-state index contributed by atoms with van der Waals surface area (Å²) in [6.45, 7) is 2.20. The van der Waals surface area contributed by atoms with Crippen molar-refractivity contribution in [2.75, 3.05) is 13.7 Å². The quantitative estimate of drug-likeness (QED) is 0.453. The predicted octanol–water partition coefficient (Wildman–Crippen LogP) is 2.04. The van der Waals surface area contributed by atoms with E-state index in [2.05, 4.69) is 12.2 Å². The molecular weight excluding hydrogens is 268 g/mol. The zero-order valence-corrected chi connectivity index (χ0v) is 12.5. The fourth-order valence-corrected chi connectivity index (χ4v) is 6.06. The van der Waals surface area contributed by atoms with Gasteiger partial charge in [0.25, 0.3) is 0 Å². The molecule has 0 saturated heterocycles. The normalized spacial score (nSPS) is 48.5. The summed E-state index contributed by atoms with van der Waals surface area (Å²) in [5, 5.41) is 0. The molecule has 114 valence electrons. The fourth-order valence-electron chi connectivity index (χ4n) is 6.06. The third-order valence-electron chi connectivity index (χ3n) is 6.46. The first-order valence-corrected chi connectivity index (χ1v) is 8.10. The van der Waals surface area contributed by atoms with Crippen molar-refractivity contribution in [2.24, 2.45) is 47.3 Å². The number of methoxy groups -OCH3 is 1. The van der Waals surface area contributed by atoms with E-state index in [-0.39, 0.29) is 23.8 Å². The minimum absolute atomic E-state index is 0.189. The molecule has 21 heavy (non-hydrogen) atoms. The fraction of sp³-hybridized carbons (Fsp3) is 0.765. The lowest BCUT2D eigenvalue weighted by Gasteiger charge is -2.39. The van der Waals surface area contributed by atoms with Crippen molar-refractivity contribution in [3.8, 4) is 0 Å². The summed E-state index contributed by atoms with van der Waals surface area (Å²) in [5.41, 5.74) is 0. The molecule has 8 atom stereocenters. The first-order valence-electron chi connectivity index (χ1n) is 8.10. The van der Waals surface area contributed by atoms with Crippen molar-refractivity contribution < 1.29 is 19.1 Å². The monoisotopic (exact) mass is 290 g/mol. The SMILES string of the molecule is CCOC(=O)C1C2CC(C1C(=O)OC)C1C3C=CC(C3)C21. The molecule has 4 heteroatoms. The van der Waals surface area contributed by atoms with E-state index in [4.69, 9.17) is 9.47 Å². The summed E-state index contributed by atoms with van der Waals surface area (Å²) in [6, 6.07) is 0. The molecule has 0 aromatic rings. The summed E-state index contributed by atoms with van der Waals surface area (Å²) >= 11 is 0. The molecule has 0 spiro atoms. The van der Waals surface area contributed by atoms with Gasteiger partial charge in [0.1, 0.15) is 0 Å². The molecule has 0 heterocycles. The predicted molar refractivity (Wildman–Crippen MR) is 74.9 cm³/mol. The first kappa shape index (κ1) is 13.4. The molecule has 4 nitrogen and oxygen atoms in total. The van der Waals surface area contributed by atoms with Gasteiger partial charge in [0, 0.05) is 0 Å². The van der Waals surface area contributed by atoms with E-state index in [1.54, 1.807) is 0 Å². The molecule has 4 aliphatic carbocycles. The van der Waals surface area contributed by atoms with Crippen LogP contribution in [0.3, 0.4) is 0 Å². The van der Waals surface area contributed by atoms with Crippen molar-refractivity contribution in [2.45, 2.75) is 19.8 Å². The number of carbonyl (C=O) groups is 2. The van der Waals surface area contributed by atoms with Crippen LogP contribution >= 0.6 is 0 Å². The van der Waals surface area contributed by atoms with E-state index >= 15 is 0 Å². The zero-order chi connectivity index (χ0) is 14.7. The van der Waals surface area contributed by atoms with Gasteiger partial charge in [-0.1, -0.05) is 12.2 Å². The number of hydrogen-bond acceptors (Lipinski definition) is 4. The Morgan fingerprint density at radius 1 is 1.00 bits per heavy atom. The largest absolute Gasteiger partial charge is 0.469 e. The molecular formula is C17H22O4. The van der Waals surface area contributed by atoms with Crippen molar-refractivity contribution in [1.82, 2.24) is 0 Å². The van der Waals surface area contributed by atoms with Crippen molar-refractivity contribution >= 4 is 11.9 Å². The van der Waals surface area contributed by atoms with Gasteiger partial charge in [-0.3, -0.25) is 9.59 Å². The molecule has 0 radical (unpaired) electrons. The second-order valence-corrected chi connectivity index (χ2v) is 6.99. The van der Waals surface area contributed by atoms with E-state index in [9.17, 15) is 9.59 Å². The Balaban J connectivity index is 1.68. The second-order valence-electron chi connectivity index (χ2n) is 6.99. The van der Waals surface area contributed by atoms with Gasteiger partial charge in [0.2, 0.25) is 0 Å². The summed E-state index contributed by atoms with van der Waals surface area (Å²) in [5.74, 6) is 2.04. The number of esters is 2. The number of hydrogen-bond donors (Lipinski definition) is 0. The molecule has 4 bridgehead atoms. The number of carbonyl (C=O) groups excluding carboxylic acids is 2. The Kier molecular flexibility index (Phi) is 2.92. The topological polar surface area (TPSA) is 52.6 Å². The third kappa shape index (κ3) is 1.62. The van der Waals surface area contributed by atoms with E-state index in [1.165, 1.54) is 13.5 Å². The number of rotatable bonds is 3. The molecule has 4 aliphatic rings. The first-order chi connectivity index (χ1) is 10.2. The molecule has 0 aromatic carbocycles. The van der Waals surface area contributed by atoms with Crippen LogP contribution in [0.15, 0.2) is 12.2 Å². The smallest absolute Gasteiger partial charge is 0.310 e. The molecule has 0 N–H and O–H groups in total. The van der Waals surface area contributed by atoms with Crippen LogP contribution < -0.4 is 0 Å². The lowest BCUT2D eigenvalue weighted by molar-refractivity contribution is -0.164. The van der Waals surface area contributed by atoms with Gasteiger partial charge < -0.3 is 9.47 Å². The summed E-state index contributed by atoms with van der Waals surface area (Å²) in [4.78, 5) is 24.7. The Hall–Kier alpha value is -1.32. The molecule has 0 aliphatic heterocycles. The van der Waals surface area contributed by atoms with Gasteiger partial charge in [0.15, 0.2) is 0 Å². The maximum absolute atomic E-state index is 12.4. The van der Waals surface area contributed by atoms with E-state index in [0.29, 0.717) is 42.1 Å². The summed E-state index contributed by atoms with van der Waals surface area (Å²) < 4.78 is 10.3. The summed E-state index contributed by atoms with van der Waals surface area (Å²) in [7, 11) is 1.43. The van der Waals surface area contributed by atoms with E-state index in [1.807, 2.05) is 6.92 Å². The van der Waals surface area contributed by atoms with Crippen LogP contribution in [0.25, 0.3) is 0 Å². The zero-order valence-electron chi connectivity index (χ0n) is 12.5. The lowest BCUT2D eigenvalue weighted by Crippen LogP contribution is -2.44. The third-order valence-corrected chi connectivity index (χ3v) is 6.46. The average molecular weight is 290 g/mol. The number of fused-ring (bicyclic) bond motifs is 9. The van der Waals surface area contributed by atoms with Crippen LogP contribution in [0.2, 0.25) is 0 Å². The van der Waals surface area contributed by atoms with Crippen LogP contribution in [0.5, 0.6) is 0 Å². The highest BCUT2D eigenvalue weighted by Gasteiger charge is 2.68. The van der Waals surface area contributed by atoms with E-state index < -0.39 is 0 Å². The highest BCUT2D eigenvalue weighted by Crippen LogP contribution is 2.68. The van der Waals surface area contributed by atoms with Gasteiger partial charge in [-0.25, -0.2) is 0 Å². The Morgan fingerprint density at radius 2 is 1.57 bits per heavy atom. The number of allylic oxidation sites excluding steroid dienone is 2. The highest BCUT2D eigenvalue weighted by atomic mass is 16.5. The standard InChI is InChI=1S/C17H22O4/c1-3-21-17(19)15-11-7-10(14(15)16(18)20-2)12-8-4-5-9(6-8)13(11)12/h4-5,8-15H,3,6-7H2,1-2H3. The highest BCUT2D eigenvalue weighted by molar-refractivity contribution is 5.84. The second kappa shape index (κ2) is 4.59. The maximum atomic E-state index is 12.4. The van der Waals surface area contributed by atoms with Gasteiger partial charge >= 0.3 is 11.9 Å². The van der Waals surface area contributed by atoms with Crippen molar-refractivity contribution in [3.05, 3.63) is 12.2 Å². The lowest BCUT2D eigenvalue weighted by atomic mass is 9.65. The molecule has 3 fully saturated rings. The van der Waals surface area contributed by atoms with Crippen molar-refractivity contribution in [1.29, 1.82) is 0 Å². The Bertz CT molecular complexity index is 511. The van der Waals surface area contributed by atoms with Crippen LogP contribution in [-0.4, -0.2) is 25.7 Å². The molecule has 0 amide bonds. The van der Waals surface area contributed by atoms with Crippen LogP contribution in [0.1, 0.15) is 19.8 Å². The maximum Gasteiger partial charge on any atom is 0.310 e. The average Bonchev–Trinajstić information content (AvgIpc) is 3.22. The summed E-state index contributed by atoms with van der Waals surface area (Å²) in [6.07, 6.45) is 6.88. The van der Waals surface area contributed by atoms with Crippen LogP contribution in [0, 0.1) is 47.3 Å². The molecule has 0 aromatic heterocycles. The van der Waals surface area contributed by atoms with Gasteiger partial charge in [0.05, 0.1) is 25.6 Å². The van der Waals surface area contributed by atoms with Crippen LogP contribution in [0.4, 0.5) is 0 Å². The van der Waals surface area contributed by atoms with E-state index in [0.717, 1.165) is 6.42 Å². The Morgan fingerprint density at radius 3 is 2.10 bits per heavy atom. The van der Waals surface area contributed by atoms with Gasteiger partial charge in [-0.15, -0.1) is 0 Å². The van der Waals surface area contributed by atoms with Crippen LogP contribution in [-0.2, 0) is 19.1 Å². The van der Waals surface area contributed by atoms with Gasteiger partial charge in [-0.2, -0.15) is 0 Å². The van der Waals surface area contributed by atoms with Gasteiger partial charge in [-0.05, 0) is 55.3 Å².